The summed E-state index contributed by atoms with van der Waals surface area (Å²) < 4.78 is 16.8. The number of H-pyrrole nitrogens is 1. The quantitative estimate of drug-likeness (QED) is 0.479. The summed E-state index contributed by atoms with van der Waals surface area (Å²) in [4.78, 5) is 34.1. The number of carbonyl (C=O) groups excluding carboxylic acids is 2. The van der Waals surface area contributed by atoms with E-state index in [1.165, 1.54) is 7.11 Å². The Morgan fingerprint density at radius 2 is 1.89 bits per heavy atom. The second kappa shape index (κ2) is 11.2. The molecule has 1 unspecified atom stereocenters. The SMILES string of the molecule is CCCOC(=O)N1CCCC(C(=O)OC)(c2ccc(N(C)C)cc2OC)c2[nH]c3ccccc3c2CC1. The molecule has 1 N–H and O–H groups in total. The van der Waals surface area contributed by atoms with Crippen molar-refractivity contribution in [1.82, 2.24) is 9.88 Å². The van der Waals surface area contributed by atoms with E-state index in [4.69, 9.17) is 14.2 Å². The number of fused-ring (bicyclic) bond motifs is 3. The van der Waals surface area contributed by atoms with E-state index in [9.17, 15) is 9.59 Å². The average molecular weight is 508 g/mol. The molecule has 1 atom stereocenters. The molecule has 1 amide bonds. The van der Waals surface area contributed by atoms with E-state index >= 15 is 0 Å². The summed E-state index contributed by atoms with van der Waals surface area (Å²) in [5.74, 6) is 0.248. The van der Waals surface area contributed by atoms with E-state index in [0.29, 0.717) is 44.7 Å². The van der Waals surface area contributed by atoms with Crippen LogP contribution in [0.5, 0.6) is 5.75 Å². The van der Waals surface area contributed by atoms with Crippen molar-refractivity contribution in [2.75, 3.05) is 52.9 Å². The van der Waals surface area contributed by atoms with Crippen LogP contribution in [0.3, 0.4) is 0 Å². The smallest absolute Gasteiger partial charge is 0.409 e. The first kappa shape index (κ1) is 26.4. The van der Waals surface area contributed by atoms with Gasteiger partial charge in [0, 0.05) is 61.1 Å². The number of hydrogen-bond acceptors (Lipinski definition) is 6. The lowest BCUT2D eigenvalue weighted by atomic mass is 9.71. The zero-order valence-corrected chi connectivity index (χ0v) is 22.4. The number of ether oxygens (including phenoxy) is 3. The molecule has 0 saturated carbocycles. The van der Waals surface area contributed by atoms with Gasteiger partial charge in [-0.2, -0.15) is 0 Å². The molecule has 2 aromatic carbocycles. The number of methoxy groups -OCH3 is 2. The highest BCUT2D eigenvalue weighted by molar-refractivity contribution is 5.94. The van der Waals surface area contributed by atoms with Gasteiger partial charge in [-0.15, -0.1) is 0 Å². The van der Waals surface area contributed by atoms with Crippen LogP contribution >= 0.6 is 0 Å². The first-order valence-electron chi connectivity index (χ1n) is 12.8. The van der Waals surface area contributed by atoms with E-state index in [0.717, 1.165) is 39.8 Å². The Morgan fingerprint density at radius 1 is 1.11 bits per heavy atom. The highest BCUT2D eigenvalue weighted by Gasteiger charge is 2.48. The maximum Gasteiger partial charge on any atom is 0.409 e. The van der Waals surface area contributed by atoms with Gasteiger partial charge in [0.2, 0.25) is 0 Å². The van der Waals surface area contributed by atoms with Crippen LogP contribution in [-0.2, 0) is 26.1 Å². The summed E-state index contributed by atoms with van der Waals surface area (Å²) in [6, 6.07) is 13.9. The number of anilines is 1. The van der Waals surface area contributed by atoms with Gasteiger partial charge in [0.1, 0.15) is 11.2 Å². The largest absolute Gasteiger partial charge is 0.496 e. The van der Waals surface area contributed by atoms with E-state index < -0.39 is 5.41 Å². The third-order valence-corrected chi connectivity index (χ3v) is 7.23. The van der Waals surface area contributed by atoms with Crippen LogP contribution < -0.4 is 9.64 Å². The molecule has 0 aliphatic carbocycles. The second-order valence-electron chi connectivity index (χ2n) is 9.66. The molecule has 0 bridgehead atoms. The molecule has 8 heteroatoms. The maximum atomic E-state index is 13.9. The summed E-state index contributed by atoms with van der Waals surface area (Å²) >= 11 is 0. The van der Waals surface area contributed by atoms with Gasteiger partial charge >= 0.3 is 12.1 Å². The molecule has 37 heavy (non-hydrogen) atoms. The lowest BCUT2D eigenvalue weighted by Crippen LogP contribution is -2.40. The van der Waals surface area contributed by atoms with Gasteiger partial charge < -0.3 is 29.0 Å². The summed E-state index contributed by atoms with van der Waals surface area (Å²) in [5.41, 5.74) is 3.27. The van der Waals surface area contributed by atoms with Gasteiger partial charge in [0.25, 0.3) is 0 Å². The minimum absolute atomic E-state index is 0.318. The Labute approximate surface area is 218 Å². The third kappa shape index (κ3) is 4.84. The van der Waals surface area contributed by atoms with Crippen molar-refractivity contribution < 1.29 is 23.8 Å². The molecule has 198 valence electrons. The number of aromatic amines is 1. The van der Waals surface area contributed by atoms with Gasteiger partial charge in [0.15, 0.2) is 0 Å². The fourth-order valence-electron chi connectivity index (χ4n) is 5.37. The monoisotopic (exact) mass is 507 g/mol. The maximum absolute atomic E-state index is 13.9. The van der Waals surface area contributed by atoms with Crippen molar-refractivity contribution in [3.8, 4) is 5.75 Å². The molecule has 2 heterocycles. The predicted octanol–water partition coefficient (Wildman–Crippen LogP) is 4.89. The number of para-hydroxylation sites is 1. The molecule has 0 radical (unpaired) electrons. The van der Waals surface area contributed by atoms with Crippen molar-refractivity contribution in [2.24, 2.45) is 0 Å². The molecule has 1 aliphatic rings. The molecule has 0 spiro atoms. The predicted molar refractivity (Wildman–Crippen MR) is 145 cm³/mol. The topological polar surface area (TPSA) is 84.1 Å². The van der Waals surface area contributed by atoms with Crippen molar-refractivity contribution in [1.29, 1.82) is 0 Å². The van der Waals surface area contributed by atoms with Gasteiger partial charge in [-0.05, 0) is 43.4 Å². The normalized spacial score (nSPS) is 17.8. The number of amides is 1. The van der Waals surface area contributed by atoms with Gasteiger partial charge in [-0.25, -0.2) is 4.79 Å². The number of nitrogens with zero attached hydrogens (tertiary/aromatic N) is 2. The highest BCUT2D eigenvalue weighted by atomic mass is 16.6. The third-order valence-electron chi connectivity index (χ3n) is 7.23. The molecule has 8 nitrogen and oxygen atoms in total. The van der Waals surface area contributed by atoms with Crippen molar-refractivity contribution in [3.63, 3.8) is 0 Å². The Hall–Kier alpha value is -3.68. The number of hydrogen-bond donors (Lipinski definition) is 1. The number of benzene rings is 2. The lowest BCUT2D eigenvalue weighted by molar-refractivity contribution is -0.146. The van der Waals surface area contributed by atoms with Gasteiger partial charge in [0.05, 0.1) is 20.8 Å². The Kier molecular flexibility index (Phi) is 7.95. The van der Waals surface area contributed by atoms with Crippen LogP contribution in [0.25, 0.3) is 10.9 Å². The molecular weight excluding hydrogens is 470 g/mol. The summed E-state index contributed by atoms with van der Waals surface area (Å²) in [6.45, 7) is 3.33. The van der Waals surface area contributed by atoms with Crippen molar-refractivity contribution >= 4 is 28.7 Å². The van der Waals surface area contributed by atoms with Gasteiger partial charge in [-0.3, -0.25) is 4.79 Å². The van der Waals surface area contributed by atoms with Crippen molar-refractivity contribution in [3.05, 3.63) is 59.3 Å². The summed E-state index contributed by atoms with van der Waals surface area (Å²) in [7, 11) is 6.98. The molecule has 1 aromatic heterocycles. The Balaban J connectivity index is 1.95. The molecule has 0 saturated heterocycles. The van der Waals surface area contributed by atoms with E-state index in [1.54, 1.807) is 12.0 Å². The van der Waals surface area contributed by atoms with Crippen molar-refractivity contribution in [2.45, 2.75) is 38.0 Å². The standard InChI is InChI=1S/C29H37N3O5/c1-6-18-37-28(34)32-16-9-15-29(27(33)36-5,23-13-12-20(31(2)3)19-25(23)35-4)26-22(14-17-32)21-10-7-8-11-24(21)30-26/h7-8,10-13,19,30H,6,9,14-18H2,1-5H3. The number of nitrogens with one attached hydrogen (secondary N) is 1. The van der Waals surface area contributed by atoms with E-state index in [1.807, 2.05) is 62.3 Å². The number of carbonyl (C=O) groups is 2. The van der Waals surface area contributed by atoms with Crippen LogP contribution in [0.1, 0.15) is 43.0 Å². The van der Waals surface area contributed by atoms with E-state index in [-0.39, 0.29) is 12.1 Å². The van der Waals surface area contributed by atoms with Crippen LogP contribution in [0, 0.1) is 0 Å². The van der Waals surface area contributed by atoms with Gasteiger partial charge in [-0.1, -0.05) is 31.2 Å². The number of rotatable bonds is 6. The second-order valence-corrected chi connectivity index (χ2v) is 9.66. The summed E-state index contributed by atoms with van der Waals surface area (Å²) in [5, 5.41) is 1.03. The zero-order valence-electron chi connectivity index (χ0n) is 22.4. The molecule has 0 fully saturated rings. The Bertz CT molecular complexity index is 1270. The molecular formula is C29H37N3O5. The minimum atomic E-state index is -1.15. The highest BCUT2D eigenvalue weighted by Crippen LogP contribution is 2.46. The minimum Gasteiger partial charge on any atom is -0.496 e. The Morgan fingerprint density at radius 3 is 2.59 bits per heavy atom. The van der Waals surface area contributed by atoms with E-state index in [2.05, 4.69) is 11.1 Å². The zero-order chi connectivity index (χ0) is 26.6. The fourth-order valence-corrected chi connectivity index (χ4v) is 5.37. The molecule has 4 rings (SSSR count). The van der Waals surface area contributed by atoms with Crippen LogP contribution in [0.4, 0.5) is 10.5 Å². The first-order chi connectivity index (χ1) is 17.9. The fraction of sp³-hybridized carbons (Fsp3) is 0.448. The van der Waals surface area contributed by atoms with Crippen LogP contribution in [-0.4, -0.2) is 70.0 Å². The van der Waals surface area contributed by atoms with Crippen LogP contribution in [0.15, 0.2) is 42.5 Å². The average Bonchev–Trinajstić information content (AvgIpc) is 3.31. The lowest BCUT2D eigenvalue weighted by Gasteiger charge is -2.33. The number of aromatic nitrogens is 1. The molecule has 3 aromatic rings. The summed E-state index contributed by atoms with van der Waals surface area (Å²) in [6.07, 6.45) is 2.01. The van der Waals surface area contributed by atoms with Crippen LogP contribution in [0.2, 0.25) is 0 Å². The molecule has 1 aliphatic heterocycles. The number of esters is 1. The first-order valence-corrected chi connectivity index (χ1v) is 12.8.